The number of aryl methyl sites for hydroxylation is 1. The van der Waals surface area contributed by atoms with Crippen LogP contribution in [0.3, 0.4) is 0 Å². The van der Waals surface area contributed by atoms with Crippen molar-refractivity contribution in [2.75, 3.05) is 7.11 Å². The van der Waals surface area contributed by atoms with Crippen molar-refractivity contribution in [3.05, 3.63) is 35.7 Å². The molecule has 6 nitrogen and oxygen atoms in total. The largest absolute Gasteiger partial charge is 0.497 e. The van der Waals surface area contributed by atoms with Gasteiger partial charge in [-0.25, -0.2) is 4.98 Å². The van der Waals surface area contributed by atoms with Crippen molar-refractivity contribution in [2.45, 2.75) is 23.5 Å². The summed E-state index contributed by atoms with van der Waals surface area (Å²) in [5.74, 6) is 1.64. The van der Waals surface area contributed by atoms with Gasteiger partial charge in [-0.3, -0.25) is 0 Å². The first-order valence-electron chi connectivity index (χ1n) is 6.94. The second kappa shape index (κ2) is 5.10. The number of pyridine rings is 1. The van der Waals surface area contributed by atoms with E-state index in [4.69, 9.17) is 9.72 Å². The first kappa shape index (κ1) is 13.3. The average Bonchev–Trinajstić information content (AvgIpc) is 2.85. The Morgan fingerprint density at radius 2 is 2.14 bits per heavy atom. The van der Waals surface area contributed by atoms with E-state index in [1.807, 2.05) is 31.3 Å². The lowest BCUT2D eigenvalue weighted by molar-refractivity contribution is 0.415. The van der Waals surface area contributed by atoms with Crippen LogP contribution in [0.25, 0.3) is 10.9 Å². The van der Waals surface area contributed by atoms with Crippen molar-refractivity contribution in [3.63, 3.8) is 0 Å². The molecule has 2 aromatic heterocycles. The summed E-state index contributed by atoms with van der Waals surface area (Å²) >= 11 is 1.48. The minimum Gasteiger partial charge on any atom is -0.497 e. The van der Waals surface area contributed by atoms with Crippen molar-refractivity contribution in [3.8, 4) is 5.75 Å². The van der Waals surface area contributed by atoms with Crippen LogP contribution in [0.5, 0.6) is 5.75 Å². The van der Waals surface area contributed by atoms with Gasteiger partial charge in [0.2, 0.25) is 5.16 Å². The zero-order valence-corrected chi connectivity index (χ0v) is 13.0. The molecule has 0 saturated carbocycles. The molecule has 0 N–H and O–H groups in total. The second-order valence-electron chi connectivity index (χ2n) is 4.85. The lowest BCUT2D eigenvalue weighted by Crippen LogP contribution is -1.96. The summed E-state index contributed by atoms with van der Waals surface area (Å²) in [5, 5.41) is 15.5. The fraction of sp³-hybridized carbons (Fsp3) is 0.200. The van der Waals surface area contributed by atoms with Crippen molar-refractivity contribution < 1.29 is 4.74 Å². The van der Waals surface area contributed by atoms with Gasteiger partial charge in [-0.1, -0.05) is 6.92 Å². The molecule has 0 unspecified atom stereocenters. The highest BCUT2D eigenvalue weighted by Crippen LogP contribution is 2.32. The van der Waals surface area contributed by atoms with Crippen molar-refractivity contribution in [1.29, 1.82) is 0 Å². The molecule has 22 heavy (non-hydrogen) atoms. The Morgan fingerprint density at radius 1 is 1.23 bits per heavy atom. The van der Waals surface area contributed by atoms with E-state index in [0.717, 1.165) is 44.6 Å². The minimum absolute atomic E-state index is 0.738. The van der Waals surface area contributed by atoms with Crippen LogP contribution in [0.2, 0.25) is 0 Å². The highest BCUT2D eigenvalue weighted by Gasteiger charge is 2.18. The number of aromatic nitrogens is 4. The number of hydrogen-bond donors (Lipinski definition) is 0. The maximum atomic E-state index is 5.27. The van der Waals surface area contributed by atoms with E-state index in [2.05, 4.69) is 21.4 Å². The normalized spacial score (nSPS) is 12.8. The molecule has 3 aromatic rings. The molecule has 0 amide bonds. The van der Waals surface area contributed by atoms with E-state index in [9.17, 15) is 0 Å². The van der Waals surface area contributed by atoms with E-state index in [0.29, 0.717) is 0 Å². The van der Waals surface area contributed by atoms with Crippen LogP contribution in [0.15, 0.2) is 39.5 Å². The summed E-state index contributed by atoms with van der Waals surface area (Å²) in [7, 11) is 1.65. The average molecular weight is 311 g/mol. The highest BCUT2D eigenvalue weighted by molar-refractivity contribution is 7.99. The Labute approximate surface area is 131 Å². The van der Waals surface area contributed by atoms with E-state index < -0.39 is 0 Å². The fourth-order valence-electron chi connectivity index (χ4n) is 2.35. The summed E-state index contributed by atoms with van der Waals surface area (Å²) in [6, 6.07) is 7.95. The lowest BCUT2D eigenvalue weighted by Gasteiger charge is -2.05. The number of fused-ring (bicyclic) bond motifs is 3. The first-order valence-corrected chi connectivity index (χ1v) is 7.75. The smallest absolute Gasteiger partial charge is 0.218 e. The zero-order chi connectivity index (χ0) is 15.1. The lowest BCUT2D eigenvalue weighted by atomic mass is 10.1. The monoisotopic (exact) mass is 311 g/mol. The summed E-state index contributed by atoms with van der Waals surface area (Å²) < 4.78 is 7.04. The quantitative estimate of drug-likeness (QED) is 0.569. The number of nitrogens with zero attached hydrogens (tertiary/aromatic N) is 5. The maximum absolute atomic E-state index is 5.27. The van der Waals surface area contributed by atoms with Crippen LogP contribution in [0, 0.1) is 0 Å². The number of benzene rings is 1. The van der Waals surface area contributed by atoms with E-state index in [1.165, 1.54) is 11.8 Å². The Morgan fingerprint density at radius 3 is 2.95 bits per heavy atom. The summed E-state index contributed by atoms with van der Waals surface area (Å²) in [6.07, 6.45) is 2.60. The third-order valence-corrected chi connectivity index (χ3v) is 4.47. The maximum Gasteiger partial charge on any atom is 0.218 e. The van der Waals surface area contributed by atoms with Gasteiger partial charge in [-0.2, -0.15) is 9.78 Å². The molecule has 3 heterocycles. The van der Waals surface area contributed by atoms with Crippen LogP contribution >= 0.6 is 11.8 Å². The third-order valence-electron chi connectivity index (χ3n) is 3.51. The van der Waals surface area contributed by atoms with E-state index in [-0.39, 0.29) is 0 Å². The summed E-state index contributed by atoms with van der Waals surface area (Å²) in [6.45, 7) is 2.04. The molecule has 0 fully saturated rings. The Kier molecular flexibility index (Phi) is 3.07. The molecule has 0 bridgehead atoms. The molecule has 1 aliphatic heterocycles. The predicted octanol–water partition coefficient (Wildman–Crippen LogP) is 2.74. The molecule has 0 radical (unpaired) electrons. The number of methoxy groups -OCH3 is 1. The van der Waals surface area contributed by atoms with Gasteiger partial charge in [0.25, 0.3) is 0 Å². The standard InChI is InChI=1S/C15H13N5OS/c1-3-13-18-19-15-20(13)16-8-10-6-9-4-5-11(21-2)7-12(9)17-14(10)22-15/h4-8H,3H2,1-2H3. The number of rotatable bonds is 2. The molecule has 0 saturated heterocycles. The molecule has 110 valence electrons. The van der Waals surface area contributed by atoms with Crippen LogP contribution in [0.4, 0.5) is 0 Å². The molecule has 1 aliphatic rings. The Bertz CT molecular complexity index is 902. The van der Waals surface area contributed by atoms with Gasteiger partial charge in [0.15, 0.2) is 5.82 Å². The van der Waals surface area contributed by atoms with E-state index in [1.54, 1.807) is 11.8 Å². The summed E-state index contributed by atoms with van der Waals surface area (Å²) in [4.78, 5) is 4.73. The van der Waals surface area contributed by atoms with Crippen molar-refractivity contribution in [1.82, 2.24) is 19.9 Å². The predicted molar refractivity (Wildman–Crippen MR) is 84.8 cm³/mol. The first-order chi connectivity index (χ1) is 10.8. The molecule has 0 spiro atoms. The zero-order valence-electron chi connectivity index (χ0n) is 12.1. The van der Waals surface area contributed by atoms with Crippen molar-refractivity contribution in [2.24, 2.45) is 5.10 Å². The topological polar surface area (TPSA) is 65.2 Å². The van der Waals surface area contributed by atoms with Gasteiger partial charge in [-0.15, -0.1) is 10.2 Å². The fourth-order valence-corrected chi connectivity index (χ4v) is 3.22. The van der Waals surface area contributed by atoms with Crippen LogP contribution < -0.4 is 4.74 Å². The SMILES string of the molecule is CCc1nnc2n1N=Cc1cc3ccc(OC)cc3nc1S2. The van der Waals surface area contributed by atoms with Crippen LogP contribution in [0.1, 0.15) is 18.3 Å². The second-order valence-corrected chi connectivity index (χ2v) is 5.81. The minimum atomic E-state index is 0.738. The Balaban J connectivity index is 1.88. The molecular formula is C15H13N5OS. The summed E-state index contributed by atoms with van der Waals surface area (Å²) in [5.41, 5.74) is 1.87. The number of hydrogen-bond acceptors (Lipinski definition) is 6. The highest BCUT2D eigenvalue weighted by atomic mass is 32.2. The van der Waals surface area contributed by atoms with Crippen molar-refractivity contribution >= 4 is 28.9 Å². The Hall–Kier alpha value is -2.41. The van der Waals surface area contributed by atoms with E-state index >= 15 is 0 Å². The number of ether oxygens (including phenoxy) is 1. The molecule has 1 aromatic carbocycles. The molecule has 0 aliphatic carbocycles. The molecular weight excluding hydrogens is 298 g/mol. The van der Waals surface area contributed by atoms with Gasteiger partial charge in [0, 0.05) is 23.4 Å². The van der Waals surface area contributed by atoms with Gasteiger partial charge in [-0.05, 0) is 30.0 Å². The van der Waals surface area contributed by atoms with Gasteiger partial charge < -0.3 is 4.74 Å². The van der Waals surface area contributed by atoms with Crippen LogP contribution in [-0.4, -0.2) is 33.2 Å². The van der Waals surface area contributed by atoms with Crippen LogP contribution in [-0.2, 0) is 6.42 Å². The van der Waals surface area contributed by atoms with Gasteiger partial charge in [0.05, 0.1) is 18.8 Å². The van der Waals surface area contributed by atoms with Gasteiger partial charge >= 0.3 is 0 Å². The van der Waals surface area contributed by atoms with Gasteiger partial charge in [0.1, 0.15) is 10.8 Å². The molecule has 4 rings (SSSR count). The molecule has 7 heteroatoms. The third kappa shape index (κ3) is 2.05. The molecule has 0 atom stereocenters.